The van der Waals surface area contributed by atoms with Crippen molar-refractivity contribution in [3.63, 3.8) is 0 Å². The summed E-state index contributed by atoms with van der Waals surface area (Å²) in [5.74, 6) is 0. The van der Waals surface area contributed by atoms with Gasteiger partial charge in [-0.05, 0) is 6.42 Å². The summed E-state index contributed by atoms with van der Waals surface area (Å²) < 4.78 is 0. The van der Waals surface area contributed by atoms with E-state index < -0.39 is 0 Å². The van der Waals surface area contributed by atoms with E-state index in [2.05, 4.69) is 39.2 Å². The van der Waals surface area contributed by atoms with Crippen LogP contribution in [0.15, 0.2) is 18.7 Å². The average Bonchev–Trinajstić information content (AvgIpc) is 1.88. The van der Waals surface area contributed by atoms with Crippen LogP contribution in [0, 0.1) is 13.5 Å². The minimum atomic E-state index is 0. The van der Waals surface area contributed by atoms with Crippen LogP contribution in [-0.2, 0) is 0 Å². The summed E-state index contributed by atoms with van der Waals surface area (Å²) in [5.41, 5.74) is 0. The van der Waals surface area contributed by atoms with Gasteiger partial charge in [-0.15, -0.1) is 6.08 Å². The predicted octanol–water partition coefficient (Wildman–Crippen LogP) is -0.214. The largest absolute Gasteiger partial charge is 1.00 e. The van der Waals surface area contributed by atoms with Gasteiger partial charge >= 0.3 is 18.9 Å². The van der Waals surface area contributed by atoms with Crippen molar-refractivity contribution in [1.29, 1.82) is 0 Å². The molecule has 0 unspecified atom stereocenters. The molecule has 48 valence electrons. The Morgan fingerprint density at radius 1 is 1.44 bits per heavy atom. The third-order valence-corrected chi connectivity index (χ3v) is 0.569. The van der Waals surface area contributed by atoms with E-state index in [1.54, 1.807) is 0 Å². The molecule has 0 heterocycles. The van der Waals surface area contributed by atoms with Gasteiger partial charge in [-0.25, -0.2) is 0 Å². The van der Waals surface area contributed by atoms with Crippen LogP contribution in [0.2, 0.25) is 0 Å². The van der Waals surface area contributed by atoms with Gasteiger partial charge in [0.15, 0.2) is 0 Å². The monoisotopic (exact) mass is 117 g/mol. The molecule has 0 aromatic rings. The maximum Gasteiger partial charge on any atom is 1.00 e. The van der Waals surface area contributed by atoms with Crippen LogP contribution in [0.3, 0.4) is 0 Å². The van der Waals surface area contributed by atoms with Gasteiger partial charge in [0, 0.05) is 0 Å². The second kappa shape index (κ2) is 24.3. The van der Waals surface area contributed by atoms with Crippen LogP contribution in [0.25, 0.3) is 0 Å². The quantitative estimate of drug-likeness (QED) is 0.266. The number of rotatable bonds is 2. The molecule has 0 saturated heterocycles. The van der Waals surface area contributed by atoms with Gasteiger partial charge in [0.05, 0.1) is 0 Å². The molecule has 0 bridgehead atoms. The van der Waals surface area contributed by atoms with Crippen molar-refractivity contribution in [2.75, 3.05) is 0 Å². The molecule has 1 heteroatoms. The first-order valence-electron chi connectivity index (χ1n) is 2.77. The van der Waals surface area contributed by atoms with Crippen molar-refractivity contribution in [2.45, 2.75) is 19.8 Å². The van der Waals surface area contributed by atoms with Crippen molar-refractivity contribution in [3.8, 4) is 0 Å². The van der Waals surface area contributed by atoms with Gasteiger partial charge in [0.1, 0.15) is 0 Å². The first kappa shape index (κ1) is 16.0. The van der Waals surface area contributed by atoms with E-state index in [1.165, 1.54) is 0 Å². The molecule has 0 aliphatic heterocycles. The molecule has 0 rings (SSSR count). The van der Waals surface area contributed by atoms with Crippen LogP contribution >= 0.6 is 0 Å². The molecule has 0 aromatic heterocycles. The van der Waals surface area contributed by atoms with Crippen molar-refractivity contribution in [2.24, 2.45) is 0 Å². The van der Waals surface area contributed by atoms with E-state index in [-0.39, 0.29) is 18.9 Å². The molecule has 0 aromatic carbocycles. The van der Waals surface area contributed by atoms with Gasteiger partial charge < -0.3 is 13.5 Å². The molecule has 0 fully saturated rings. The molecule has 0 atom stereocenters. The van der Waals surface area contributed by atoms with E-state index in [0.29, 0.717) is 0 Å². The SMILES string of the molecule is [CH-]=C.[CH2-]CC=CCC.[Li+]. The summed E-state index contributed by atoms with van der Waals surface area (Å²) in [7, 11) is 0. The van der Waals surface area contributed by atoms with Gasteiger partial charge in [0.2, 0.25) is 0 Å². The number of allylic oxidation sites excluding steroid dienone is 2. The molecule has 0 nitrogen and oxygen atoms in total. The van der Waals surface area contributed by atoms with E-state index >= 15 is 0 Å². The van der Waals surface area contributed by atoms with Crippen molar-refractivity contribution >= 4 is 0 Å². The number of hydrogen-bond acceptors (Lipinski definition) is 0. The third-order valence-electron chi connectivity index (χ3n) is 0.569. The molecule has 0 amide bonds. The minimum absolute atomic E-state index is 0. The molecule has 0 aliphatic rings. The maximum absolute atomic E-state index is 4.25. The molecule has 0 spiro atoms. The Kier molecular flexibility index (Phi) is 43.4. The third kappa shape index (κ3) is 31.5. The fourth-order valence-electron chi connectivity index (χ4n) is 0.285. The Hall–Kier alpha value is 0.0774. The minimum Gasteiger partial charge on any atom is -0.521 e. The molecular formula is C8H14Li-. The number of hydrogen-bond donors (Lipinski definition) is 0. The maximum atomic E-state index is 4.25. The molecule has 9 heavy (non-hydrogen) atoms. The second-order valence-corrected chi connectivity index (χ2v) is 1.17. The van der Waals surface area contributed by atoms with Crippen LogP contribution in [-0.4, -0.2) is 0 Å². The Morgan fingerprint density at radius 3 is 2.00 bits per heavy atom. The Morgan fingerprint density at radius 2 is 1.89 bits per heavy atom. The molecular weight excluding hydrogens is 103 g/mol. The fourth-order valence-corrected chi connectivity index (χ4v) is 0.285. The van der Waals surface area contributed by atoms with E-state index in [1.807, 2.05) is 0 Å². The van der Waals surface area contributed by atoms with Crippen LogP contribution in [0.4, 0.5) is 0 Å². The van der Waals surface area contributed by atoms with Crippen LogP contribution in [0.1, 0.15) is 19.8 Å². The van der Waals surface area contributed by atoms with Gasteiger partial charge in [0.25, 0.3) is 0 Å². The van der Waals surface area contributed by atoms with Gasteiger partial charge in [-0.2, -0.15) is 6.42 Å². The summed E-state index contributed by atoms with van der Waals surface area (Å²) in [6.45, 7) is 12.8. The predicted molar refractivity (Wildman–Crippen MR) is 39.3 cm³/mol. The molecule has 0 radical (unpaired) electrons. The average molecular weight is 117 g/mol. The van der Waals surface area contributed by atoms with Crippen molar-refractivity contribution in [1.82, 2.24) is 0 Å². The summed E-state index contributed by atoms with van der Waals surface area (Å²) in [5, 5.41) is 0. The second-order valence-electron chi connectivity index (χ2n) is 1.17. The van der Waals surface area contributed by atoms with Crippen molar-refractivity contribution < 1.29 is 18.9 Å². The van der Waals surface area contributed by atoms with E-state index in [4.69, 9.17) is 0 Å². The summed E-state index contributed by atoms with van der Waals surface area (Å²) in [6, 6.07) is 0. The topological polar surface area (TPSA) is 0 Å². The Labute approximate surface area is 71.2 Å². The summed E-state index contributed by atoms with van der Waals surface area (Å²) >= 11 is 0. The smallest absolute Gasteiger partial charge is 0.521 e. The van der Waals surface area contributed by atoms with Crippen LogP contribution < -0.4 is 18.9 Å². The van der Waals surface area contributed by atoms with Crippen LogP contribution in [0.5, 0.6) is 0 Å². The van der Waals surface area contributed by atoms with Gasteiger partial charge in [-0.3, -0.25) is 6.58 Å². The standard InChI is InChI=1S/C6H11.C2H3.Li/c1-3-5-6-4-2;1-2;/h5-6H,1,3-4H2,2H3;1H,2H2;/q2*-1;+1. The zero-order chi connectivity index (χ0) is 6.83. The zero-order valence-corrected chi connectivity index (χ0v) is 6.56. The fraction of sp³-hybridized carbons (Fsp3) is 0.375. The molecule has 0 N–H and O–H groups in total. The summed E-state index contributed by atoms with van der Waals surface area (Å²) in [4.78, 5) is 0. The Balaban J connectivity index is -0.000000109. The van der Waals surface area contributed by atoms with E-state index in [0.717, 1.165) is 12.8 Å². The first-order chi connectivity index (χ1) is 3.91. The molecule has 0 saturated carbocycles. The molecule has 0 aliphatic carbocycles. The van der Waals surface area contributed by atoms with Gasteiger partial charge in [-0.1, -0.05) is 13.0 Å². The van der Waals surface area contributed by atoms with E-state index in [9.17, 15) is 0 Å². The summed E-state index contributed by atoms with van der Waals surface area (Å²) in [6.07, 6.45) is 6.25. The zero-order valence-electron chi connectivity index (χ0n) is 6.56. The Bertz CT molecular complexity index is 42.5. The normalized spacial score (nSPS) is 7.33. The first-order valence-corrected chi connectivity index (χ1v) is 2.77. The van der Waals surface area contributed by atoms with Crippen molar-refractivity contribution in [3.05, 3.63) is 32.2 Å².